The minimum Gasteiger partial charge on any atom is -0.322 e. The molecule has 0 aliphatic rings. The number of halogens is 2. The molecule has 0 saturated heterocycles. The molecule has 0 bridgehead atoms. The van der Waals surface area contributed by atoms with Gasteiger partial charge in [-0.15, -0.1) is 6.58 Å². The van der Waals surface area contributed by atoms with E-state index in [2.05, 4.69) is 16.9 Å². The molecule has 1 aromatic carbocycles. The molecule has 2 aromatic heterocycles. The predicted molar refractivity (Wildman–Crippen MR) is 97.9 cm³/mol. The number of nitrogens with zero attached hydrogens (tertiary/aromatic N) is 3. The van der Waals surface area contributed by atoms with E-state index in [4.69, 9.17) is 12.2 Å². The van der Waals surface area contributed by atoms with Gasteiger partial charge in [-0.1, -0.05) is 17.4 Å². The summed E-state index contributed by atoms with van der Waals surface area (Å²) in [7, 11) is 0. The third-order valence-corrected chi connectivity index (χ3v) is 4.90. The van der Waals surface area contributed by atoms with Crippen molar-refractivity contribution in [3.8, 4) is 0 Å². The van der Waals surface area contributed by atoms with E-state index in [1.807, 2.05) is 0 Å². The van der Waals surface area contributed by atoms with E-state index in [1.165, 1.54) is 6.33 Å². The lowest BCUT2D eigenvalue weighted by Crippen LogP contribution is -2.28. The highest BCUT2D eigenvalue weighted by molar-refractivity contribution is 7.73. The average molecular weight is 394 g/mol. The highest BCUT2D eigenvalue weighted by atomic mass is 32.1. The summed E-state index contributed by atoms with van der Waals surface area (Å²) in [6, 6.07) is 2.78. The number of aromatic nitrogens is 3. The number of nitrogens with one attached hydrogen (secondary N) is 1. The monoisotopic (exact) mass is 394 g/mol. The minimum atomic E-state index is -0.904. The Morgan fingerprint density at radius 2 is 2.19 bits per heavy atom. The van der Waals surface area contributed by atoms with Gasteiger partial charge in [-0.3, -0.25) is 14.2 Å². The van der Waals surface area contributed by atoms with Gasteiger partial charge < -0.3 is 9.88 Å². The Balaban J connectivity index is 1.88. The topological polar surface area (TPSA) is 68.9 Å². The van der Waals surface area contributed by atoms with E-state index in [0.29, 0.717) is 26.9 Å². The average Bonchev–Trinajstić information content (AvgIpc) is 2.90. The first-order chi connectivity index (χ1) is 12.4. The zero-order chi connectivity index (χ0) is 18.8. The molecule has 0 aliphatic heterocycles. The van der Waals surface area contributed by atoms with E-state index in [-0.39, 0.29) is 12.2 Å². The zero-order valence-corrected chi connectivity index (χ0v) is 14.9. The fraction of sp³-hybridized carbons (Fsp3) is 0.125. The fourth-order valence-corrected chi connectivity index (χ4v) is 3.63. The molecule has 0 radical (unpaired) electrons. The van der Waals surface area contributed by atoms with Gasteiger partial charge in [0.05, 0.1) is 5.69 Å². The van der Waals surface area contributed by atoms with Crippen LogP contribution in [0.4, 0.5) is 14.5 Å². The molecule has 1 amide bonds. The number of hydrogen-bond acceptors (Lipinski definition) is 5. The molecule has 0 saturated carbocycles. The van der Waals surface area contributed by atoms with E-state index in [0.717, 1.165) is 28.0 Å². The van der Waals surface area contributed by atoms with Crippen molar-refractivity contribution >= 4 is 45.5 Å². The Morgan fingerprint density at radius 1 is 1.42 bits per heavy atom. The van der Waals surface area contributed by atoms with Crippen LogP contribution in [-0.2, 0) is 17.9 Å². The summed E-state index contributed by atoms with van der Waals surface area (Å²) in [6.45, 7) is 3.68. The van der Waals surface area contributed by atoms with Crippen LogP contribution >= 0.6 is 23.6 Å². The molecule has 0 unspecified atom stereocenters. The quantitative estimate of drug-likeness (QED) is 0.533. The number of rotatable bonds is 5. The minimum absolute atomic E-state index is 0.175. The molecule has 2 heterocycles. The molecule has 3 aromatic rings. The summed E-state index contributed by atoms with van der Waals surface area (Å²) >= 11 is 6.31. The van der Waals surface area contributed by atoms with Crippen LogP contribution in [0.3, 0.4) is 0 Å². The molecule has 0 atom stereocenters. The standard InChI is InChI=1S/C16H12F2N4O2S2/c1-2-5-22-14-13(26-16(22)25)15(24)21(8-19-14)7-12(23)20-11-4-3-9(17)6-10(11)18/h2-4,6,8H,1,5,7H2,(H,20,23). The third-order valence-electron chi connectivity index (χ3n) is 3.47. The molecule has 0 aliphatic carbocycles. The highest BCUT2D eigenvalue weighted by Gasteiger charge is 2.14. The Kier molecular flexibility index (Phi) is 5.05. The maximum absolute atomic E-state index is 13.6. The SMILES string of the molecule is C=CCn1c(=S)sc2c(=O)n(CC(=O)Nc3ccc(F)cc3F)cnc21. The Labute approximate surface area is 155 Å². The van der Waals surface area contributed by atoms with Gasteiger partial charge >= 0.3 is 0 Å². The van der Waals surface area contributed by atoms with Crippen LogP contribution in [0.1, 0.15) is 0 Å². The first-order valence-electron chi connectivity index (χ1n) is 7.35. The normalized spacial score (nSPS) is 10.8. The van der Waals surface area contributed by atoms with Crippen LogP contribution in [0.25, 0.3) is 10.3 Å². The maximum Gasteiger partial charge on any atom is 0.273 e. The molecule has 10 heteroatoms. The number of thiazole rings is 1. The van der Waals surface area contributed by atoms with E-state index < -0.39 is 23.1 Å². The molecule has 6 nitrogen and oxygen atoms in total. The molecule has 0 fully saturated rings. The second-order valence-corrected chi connectivity index (χ2v) is 6.91. The Morgan fingerprint density at radius 3 is 2.88 bits per heavy atom. The maximum atomic E-state index is 13.6. The first-order valence-corrected chi connectivity index (χ1v) is 8.57. The molecular weight excluding hydrogens is 382 g/mol. The van der Waals surface area contributed by atoms with E-state index >= 15 is 0 Å². The molecule has 26 heavy (non-hydrogen) atoms. The smallest absolute Gasteiger partial charge is 0.273 e. The lowest BCUT2D eigenvalue weighted by Gasteiger charge is -2.08. The number of hydrogen-bond donors (Lipinski definition) is 1. The van der Waals surface area contributed by atoms with Crippen LogP contribution in [0.5, 0.6) is 0 Å². The molecule has 134 valence electrons. The molecule has 0 spiro atoms. The van der Waals surface area contributed by atoms with Gasteiger partial charge in [0.2, 0.25) is 5.91 Å². The van der Waals surface area contributed by atoms with Crippen molar-refractivity contribution in [1.82, 2.24) is 14.1 Å². The van der Waals surface area contributed by atoms with Crippen molar-refractivity contribution in [2.75, 3.05) is 5.32 Å². The second kappa shape index (κ2) is 7.26. The lowest BCUT2D eigenvalue weighted by molar-refractivity contribution is -0.116. The summed E-state index contributed by atoms with van der Waals surface area (Å²) in [6.07, 6.45) is 2.87. The lowest BCUT2D eigenvalue weighted by atomic mass is 10.3. The van der Waals surface area contributed by atoms with Crippen LogP contribution in [0.2, 0.25) is 0 Å². The number of fused-ring (bicyclic) bond motifs is 1. The Bertz CT molecular complexity index is 1130. The number of anilines is 1. The van der Waals surface area contributed by atoms with Crippen molar-refractivity contribution in [2.45, 2.75) is 13.1 Å². The van der Waals surface area contributed by atoms with Gasteiger partial charge in [-0.2, -0.15) is 0 Å². The summed E-state index contributed by atoms with van der Waals surface area (Å²) in [5.74, 6) is -2.30. The van der Waals surface area contributed by atoms with Crippen LogP contribution < -0.4 is 10.9 Å². The predicted octanol–water partition coefficient (Wildman–Crippen LogP) is 3.09. The third kappa shape index (κ3) is 3.46. The van der Waals surface area contributed by atoms with Crippen LogP contribution in [0, 0.1) is 15.6 Å². The number of allylic oxidation sites excluding steroid dienone is 1. The number of carbonyl (C=O) groups excluding carboxylic acids is 1. The number of amides is 1. The summed E-state index contributed by atoms with van der Waals surface area (Å²) < 4.78 is 30.1. The van der Waals surface area contributed by atoms with Gasteiger partial charge in [0.25, 0.3) is 5.56 Å². The summed E-state index contributed by atoms with van der Waals surface area (Å²) in [5, 5.41) is 2.29. The van der Waals surface area contributed by atoms with Crippen molar-refractivity contribution in [1.29, 1.82) is 0 Å². The highest BCUT2D eigenvalue weighted by Crippen LogP contribution is 2.18. The largest absolute Gasteiger partial charge is 0.322 e. The summed E-state index contributed by atoms with van der Waals surface area (Å²) in [4.78, 5) is 28.8. The van der Waals surface area contributed by atoms with Gasteiger partial charge in [0.15, 0.2) is 9.60 Å². The summed E-state index contributed by atoms with van der Waals surface area (Å²) in [5.41, 5.74) is -0.180. The number of benzene rings is 1. The van der Waals surface area contributed by atoms with Gasteiger partial charge in [0.1, 0.15) is 29.2 Å². The molecule has 3 rings (SSSR count). The molecular formula is C16H12F2N4O2S2. The zero-order valence-electron chi connectivity index (χ0n) is 13.2. The van der Waals surface area contributed by atoms with Crippen molar-refractivity contribution in [2.24, 2.45) is 0 Å². The van der Waals surface area contributed by atoms with Gasteiger partial charge in [-0.25, -0.2) is 13.8 Å². The van der Waals surface area contributed by atoms with Crippen molar-refractivity contribution in [3.63, 3.8) is 0 Å². The van der Waals surface area contributed by atoms with Crippen molar-refractivity contribution in [3.05, 3.63) is 63.1 Å². The fourth-order valence-electron chi connectivity index (χ4n) is 2.31. The van der Waals surface area contributed by atoms with Crippen molar-refractivity contribution < 1.29 is 13.6 Å². The van der Waals surface area contributed by atoms with Gasteiger partial charge in [0, 0.05) is 12.6 Å². The van der Waals surface area contributed by atoms with Crippen LogP contribution in [-0.4, -0.2) is 20.0 Å². The Hall–Kier alpha value is -2.72. The molecule has 1 N–H and O–H groups in total. The van der Waals surface area contributed by atoms with Crippen LogP contribution in [0.15, 0.2) is 42.0 Å². The second-order valence-electron chi connectivity index (χ2n) is 5.27. The van der Waals surface area contributed by atoms with E-state index in [1.54, 1.807) is 10.6 Å². The number of carbonyl (C=O) groups is 1. The van der Waals surface area contributed by atoms with Gasteiger partial charge in [-0.05, 0) is 24.4 Å². The van der Waals surface area contributed by atoms with E-state index in [9.17, 15) is 18.4 Å². The first kappa shape index (κ1) is 18.1.